The predicted octanol–water partition coefficient (Wildman–Crippen LogP) is 2.64. The van der Waals surface area contributed by atoms with Crippen molar-refractivity contribution in [2.24, 2.45) is 0 Å². The summed E-state index contributed by atoms with van der Waals surface area (Å²) in [5.41, 5.74) is 0.647. The van der Waals surface area contributed by atoms with Crippen LogP contribution in [0.1, 0.15) is 12.8 Å². The highest BCUT2D eigenvalue weighted by molar-refractivity contribution is 9.10. The van der Waals surface area contributed by atoms with Crippen molar-refractivity contribution in [1.82, 2.24) is 0 Å². The van der Waals surface area contributed by atoms with E-state index in [2.05, 4.69) is 15.9 Å². The van der Waals surface area contributed by atoms with E-state index in [4.69, 9.17) is 9.84 Å². The molecular formula is C12H12BrNO4. The fourth-order valence-electron chi connectivity index (χ4n) is 1.94. The largest absolute Gasteiger partial charge is 0.481 e. The van der Waals surface area contributed by atoms with Crippen molar-refractivity contribution < 1.29 is 19.4 Å². The molecule has 0 aromatic heterocycles. The number of cyclic esters (lactones) is 1. The second-order valence-corrected chi connectivity index (χ2v) is 4.92. The highest BCUT2D eigenvalue weighted by Gasteiger charge is 2.32. The van der Waals surface area contributed by atoms with Crippen LogP contribution in [-0.2, 0) is 9.53 Å². The Balaban J connectivity index is 2.26. The van der Waals surface area contributed by atoms with Gasteiger partial charge in [0.2, 0.25) is 0 Å². The van der Waals surface area contributed by atoms with Crippen LogP contribution in [0.15, 0.2) is 28.7 Å². The number of hydrogen-bond donors (Lipinski definition) is 1. The van der Waals surface area contributed by atoms with Crippen molar-refractivity contribution in [3.8, 4) is 0 Å². The molecule has 0 bridgehead atoms. The van der Waals surface area contributed by atoms with E-state index in [0.717, 1.165) is 4.47 Å². The van der Waals surface area contributed by atoms with E-state index in [0.29, 0.717) is 12.1 Å². The topological polar surface area (TPSA) is 66.8 Å². The van der Waals surface area contributed by atoms with E-state index in [1.807, 2.05) is 0 Å². The van der Waals surface area contributed by atoms with Crippen molar-refractivity contribution in [3.63, 3.8) is 0 Å². The number of amides is 1. The summed E-state index contributed by atoms with van der Waals surface area (Å²) < 4.78 is 5.86. The van der Waals surface area contributed by atoms with E-state index >= 15 is 0 Å². The molecule has 0 aliphatic carbocycles. The second-order valence-electron chi connectivity index (χ2n) is 4.00. The molecule has 18 heavy (non-hydrogen) atoms. The van der Waals surface area contributed by atoms with Gasteiger partial charge in [0.25, 0.3) is 0 Å². The fraction of sp³-hybridized carbons (Fsp3) is 0.333. The Morgan fingerprint density at radius 1 is 1.44 bits per heavy atom. The summed E-state index contributed by atoms with van der Waals surface area (Å²) >= 11 is 3.31. The molecule has 5 nitrogen and oxygen atoms in total. The number of halogens is 1. The van der Waals surface area contributed by atoms with E-state index < -0.39 is 12.1 Å². The first-order valence-electron chi connectivity index (χ1n) is 5.51. The molecule has 1 aliphatic rings. The number of anilines is 1. The van der Waals surface area contributed by atoms with Crippen LogP contribution in [0.5, 0.6) is 0 Å². The molecule has 1 aliphatic heterocycles. The zero-order valence-corrected chi connectivity index (χ0v) is 11.1. The van der Waals surface area contributed by atoms with Crippen LogP contribution in [-0.4, -0.2) is 29.8 Å². The number of hydrogen-bond acceptors (Lipinski definition) is 3. The van der Waals surface area contributed by atoms with Gasteiger partial charge >= 0.3 is 12.1 Å². The molecule has 0 radical (unpaired) electrons. The number of nitrogens with zero attached hydrogens (tertiary/aromatic N) is 1. The van der Waals surface area contributed by atoms with Gasteiger partial charge in [-0.15, -0.1) is 0 Å². The number of carboxylic acids is 1. The van der Waals surface area contributed by atoms with Crippen LogP contribution in [0, 0.1) is 0 Å². The molecule has 1 aromatic rings. The average Bonchev–Trinajstić information content (AvgIpc) is 2.30. The maximum Gasteiger partial charge on any atom is 0.414 e. The summed E-state index contributed by atoms with van der Waals surface area (Å²) in [6.45, 7) is 0.268. The van der Waals surface area contributed by atoms with E-state index in [9.17, 15) is 9.59 Å². The summed E-state index contributed by atoms with van der Waals surface area (Å²) in [5, 5.41) is 8.87. The van der Waals surface area contributed by atoms with Crippen molar-refractivity contribution in [3.05, 3.63) is 28.7 Å². The number of aliphatic carboxylic acids is 1. The lowest BCUT2D eigenvalue weighted by molar-refractivity contribution is -0.137. The van der Waals surface area contributed by atoms with Gasteiger partial charge in [-0.2, -0.15) is 0 Å². The Kier molecular flexibility index (Phi) is 3.86. The first-order chi connectivity index (χ1) is 8.58. The van der Waals surface area contributed by atoms with Gasteiger partial charge in [-0.3, -0.25) is 9.69 Å². The minimum atomic E-state index is -0.920. The SMILES string of the molecule is O=C(O)CC1CCOC(=O)N1c1ccc(Br)cc1. The summed E-state index contributed by atoms with van der Waals surface area (Å²) in [5.74, 6) is -0.920. The van der Waals surface area contributed by atoms with Gasteiger partial charge in [-0.05, 0) is 24.3 Å². The number of carbonyl (C=O) groups is 2. The summed E-state index contributed by atoms with van der Waals surface area (Å²) in [6.07, 6.45) is -0.0472. The second kappa shape index (κ2) is 5.39. The van der Waals surface area contributed by atoms with Crippen molar-refractivity contribution in [1.29, 1.82) is 0 Å². The van der Waals surface area contributed by atoms with Gasteiger partial charge in [-0.25, -0.2) is 4.79 Å². The van der Waals surface area contributed by atoms with Crippen molar-refractivity contribution in [2.75, 3.05) is 11.5 Å². The smallest absolute Gasteiger partial charge is 0.414 e. The average molecular weight is 314 g/mol. The van der Waals surface area contributed by atoms with E-state index in [1.165, 1.54) is 4.90 Å². The maximum absolute atomic E-state index is 11.8. The molecule has 1 N–H and O–H groups in total. The molecule has 1 saturated heterocycles. The van der Waals surface area contributed by atoms with Crippen LogP contribution < -0.4 is 4.90 Å². The molecule has 6 heteroatoms. The van der Waals surface area contributed by atoms with Crippen LogP contribution in [0.2, 0.25) is 0 Å². The van der Waals surface area contributed by atoms with Crippen LogP contribution in [0.25, 0.3) is 0 Å². The summed E-state index contributed by atoms with van der Waals surface area (Å²) in [4.78, 5) is 24.0. The summed E-state index contributed by atoms with van der Waals surface area (Å²) in [7, 11) is 0. The summed E-state index contributed by atoms with van der Waals surface area (Å²) in [6, 6.07) is 6.76. The Hall–Kier alpha value is -1.56. The fourth-order valence-corrected chi connectivity index (χ4v) is 2.21. The molecular weight excluding hydrogens is 302 g/mol. The zero-order chi connectivity index (χ0) is 13.1. The highest BCUT2D eigenvalue weighted by Crippen LogP contribution is 2.26. The zero-order valence-electron chi connectivity index (χ0n) is 9.51. The lowest BCUT2D eigenvalue weighted by Gasteiger charge is -2.34. The Bertz CT molecular complexity index is 460. The normalized spacial score (nSPS) is 19.5. The van der Waals surface area contributed by atoms with E-state index in [1.54, 1.807) is 24.3 Å². The van der Waals surface area contributed by atoms with Gasteiger partial charge < -0.3 is 9.84 Å². The minimum absolute atomic E-state index is 0.0782. The number of carbonyl (C=O) groups excluding carboxylic acids is 1. The highest BCUT2D eigenvalue weighted by atomic mass is 79.9. The first kappa shape index (κ1) is 12.9. The standard InChI is InChI=1S/C12H12BrNO4/c13-8-1-3-9(4-2-8)14-10(7-11(15)16)5-6-18-12(14)17/h1-4,10H,5-7H2,(H,15,16). The molecule has 0 spiro atoms. The van der Waals surface area contributed by atoms with Gasteiger partial charge in [0.05, 0.1) is 19.1 Å². The molecule has 1 fully saturated rings. The number of carboxylic acid groups (broad SMARTS) is 1. The van der Waals surface area contributed by atoms with Crippen molar-refractivity contribution in [2.45, 2.75) is 18.9 Å². The third-order valence-electron chi connectivity index (χ3n) is 2.75. The third kappa shape index (κ3) is 2.81. The molecule has 1 unspecified atom stereocenters. The van der Waals surface area contributed by atoms with Gasteiger partial charge in [0, 0.05) is 16.6 Å². The monoisotopic (exact) mass is 313 g/mol. The van der Waals surface area contributed by atoms with Crippen LogP contribution >= 0.6 is 15.9 Å². The van der Waals surface area contributed by atoms with Gasteiger partial charge in [0.1, 0.15) is 0 Å². The van der Waals surface area contributed by atoms with E-state index in [-0.39, 0.29) is 19.1 Å². The Morgan fingerprint density at radius 2 is 2.11 bits per heavy atom. The van der Waals surface area contributed by atoms with Crippen molar-refractivity contribution >= 4 is 33.7 Å². The minimum Gasteiger partial charge on any atom is -0.481 e. The molecule has 1 aromatic carbocycles. The predicted molar refractivity (Wildman–Crippen MR) is 68.6 cm³/mol. The maximum atomic E-state index is 11.8. The van der Waals surface area contributed by atoms with Crippen LogP contribution in [0.4, 0.5) is 10.5 Å². The first-order valence-corrected chi connectivity index (χ1v) is 6.30. The molecule has 96 valence electrons. The number of rotatable bonds is 3. The molecule has 1 atom stereocenters. The Morgan fingerprint density at radius 3 is 2.72 bits per heavy atom. The number of ether oxygens (including phenoxy) is 1. The lowest BCUT2D eigenvalue weighted by atomic mass is 10.1. The van der Waals surface area contributed by atoms with Crippen LogP contribution in [0.3, 0.4) is 0 Å². The lowest BCUT2D eigenvalue weighted by Crippen LogP contribution is -2.46. The number of benzene rings is 1. The molecule has 2 rings (SSSR count). The quantitative estimate of drug-likeness (QED) is 0.931. The van der Waals surface area contributed by atoms with Gasteiger partial charge in [-0.1, -0.05) is 15.9 Å². The molecule has 1 heterocycles. The molecule has 0 saturated carbocycles. The Labute approximate surface area is 112 Å². The molecule has 1 amide bonds. The third-order valence-corrected chi connectivity index (χ3v) is 3.28. The van der Waals surface area contributed by atoms with Gasteiger partial charge in [0.15, 0.2) is 0 Å².